The van der Waals surface area contributed by atoms with Gasteiger partial charge in [-0.2, -0.15) is 0 Å². The molecule has 0 atom stereocenters. The first-order valence-corrected chi connectivity index (χ1v) is 4.41. The summed E-state index contributed by atoms with van der Waals surface area (Å²) in [5, 5.41) is 8.73. The number of pyridine rings is 1. The van der Waals surface area contributed by atoms with Crippen molar-refractivity contribution in [3.63, 3.8) is 0 Å². The molecular weight excluding hydrogens is 260 g/mol. The van der Waals surface area contributed by atoms with Crippen LogP contribution in [0.2, 0.25) is 0 Å². The SMILES string of the molecule is Cc1ncc(Br)c(C(=O)O)c1C(F)F. The highest BCUT2D eigenvalue weighted by Gasteiger charge is 2.23. The molecule has 0 aliphatic heterocycles. The number of aromatic carboxylic acids is 1. The molecule has 0 aliphatic rings. The first-order chi connectivity index (χ1) is 6.45. The van der Waals surface area contributed by atoms with Gasteiger partial charge in [-0.3, -0.25) is 4.98 Å². The maximum absolute atomic E-state index is 12.5. The lowest BCUT2D eigenvalue weighted by Crippen LogP contribution is -2.07. The molecule has 1 heterocycles. The topological polar surface area (TPSA) is 50.2 Å². The monoisotopic (exact) mass is 265 g/mol. The zero-order valence-electron chi connectivity index (χ0n) is 7.09. The molecule has 0 radical (unpaired) electrons. The Hall–Kier alpha value is -1.04. The molecule has 0 spiro atoms. The van der Waals surface area contributed by atoms with Gasteiger partial charge in [-0.25, -0.2) is 13.6 Å². The van der Waals surface area contributed by atoms with Crippen LogP contribution < -0.4 is 0 Å². The van der Waals surface area contributed by atoms with Crippen LogP contribution in [0.4, 0.5) is 8.78 Å². The molecule has 1 N–H and O–H groups in total. The van der Waals surface area contributed by atoms with Crippen molar-refractivity contribution in [1.29, 1.82) is 0 Å². The van der Waals surface area contributed by atoms with Crippen LogP contribution in [0.3, 0.4) is 0 Å². The first-order valence-electron chi connectivity index (χ1n) is 3.61. The quantitative estimate of drug-likeness (QED) is 0.895. The summed E-state index contributed by atoms with van der Waals surface area (Å²) in [7, 11) is 0. The second-order valence-electron chi connectivity index (χ2n) is 2.59. The number of aryl methyl sites for hydroxylation is 1. The summed E-state index contributed by atoms with van der Waals surface area (Å²) in [6.07, 6.45) is -1.64. The molecule has 6 heteroatoms. The molecule has 0 aromatic carbocycles. The molecule has 14 heavy (non-hydrogen) atoms. The highest BCUT2D eigenvalue weighted by Crippen LogP contribution is 2.29. The van der Waals surface area contributed by atoms with Gasteiger partial charge in [0.05, 0.1) is 15.6 Å². The molecule has 0 amide bonds. The van der Waals surface area contributed by atoms with Gasteiger partial charge in [-0.15, -0.1) is 0 Å². The number of carboxylic acids is 1. The molecule has 1 aromatic heterocycles. The standard InChI is InChI=1S/C8H6BrF2NO2/c1-3-5(7(10)11)6(8(13)14)4(9)2-12-3/h2,7H,1H3,(H,13,14). The zero-order valence-corrected chi connectivity index (χ0v) is 8.68. The number of nitrogens with zero attached hydrogens (tertiary/aromatic N) is 1. The van der Waals surface area contributed by atoms with E-state index in [0.29, 0.717) is 0 Å². The van der Waals surface area contributed by atoms with Crippen LogP contribution in [0.25, 0.3) is 0 Å². The Balaban J connectivity index is 3.50. The Morgan fingerprint density at radius 1 is 1.64 bits per heavy atom. The van der Waals surface area contributed by atoms with Crippen molar-refractivity contribution in [2.24, 2.45) is 0 Å². The molecule has 1 aromatic rings. The van der Waals surface area contributed by atoms with Crippen molar-refractivity contribution in [2.75, 3.05) is 0 Å². The summed E-state index contributed by atoms with van der Waals surface area (Å²) in [4.78, 5) is 14.4. The zero-order chi connectivity index (χ0) is 10.9. The van der Waals surface area contributed by atoms with E-state index >= 15 is 0 Å². The van der Waals surface area contributed by atoms with E-state index in [4.69, 9.17) is 5.11 Å². The Bertz CT molecular complexity index is 382. The molecule has 0 bridgehead atoms. The molecule has 0 unspecified atom stereocenters. The highest BCUT2D eigenvalue weighted by molar-refractivity contribution is 9.10. The molecule has 76 valence electrons. The summed E-state index contributed by atoms with van der Waals surface area (Å²) in [6.45, 7) is 1.35. The minimum absolute atomic E-state index is 0.0283. The molecule has 3 nitrogen and oxygen atoms in total. The normalized spacial score (nSPS) is 10.6. The Labute approximate surface area is 86.9 Å². The van der Waals surface area contributed by atoms with Crippen molar-refractivity contribution in [2.45, 2.75) is 13.3 Å². The van der Waals surface area contributed by atoms with E-state index in [1.54, 1.807) is 0 Å². The Kier molecular flexibility index (Phi) is 3.15. The average Bonchev–Trinajstić information content (AvgIpc) is 2.07. The van der Waals surface area contributed by atoms with E-state index in [0.717, 1.165) is 0 Å². The van der Waals surface area contributed by atoms with Gasteiger partial charge in [-0.05, 0) is 22.9 Å². The average molecular weight is 266 g/mol. The predicted molar refractivity (Wildman–Crippen MR) is 48.6 cm³/mol. The van der Waals surface area contributed by atoms with Gasteiger partial charge in [0.15, 0.2) is 0 Å². The second kappa shape index (κ2) is 4.00. The third-order valence-electron chi connectivity index (χ3n) is 1.70. The number of hydrogen-bond donors (Lipinski definition) is 1. The number of halogens is 3. The fourth-order valence-electron chi connectivity index (χ4n) is 1.08. The van der Waals surface area contributed by atoms with Gasteiger partial charge >= 0.3 is 5.97 Å². The van der Waals surface area contributed by atoms with Crippen LogP contribution in [0.5, 0.6) is 0 Å². The molecule has 0 saturated carbocycles. The lowest BCUT2D eigenvalue weighted by Gasteiger charge is -2.09. The lowest BCUT2D eigenvalue weighted by molar-refractivity contribution is 0.0682. The van der Waals surface area contributed by atoms with Crippen LogP contribution in [0, 0.1) is 6.92 Å². The number of aromatic nitrogens is 1. The lowest BCUT2D eigenvalue weighted by atomic mass is 10.1. The number of carbonyl (C=O) groups is 1. The molecular formula is C8H6BrF2NO2. The van der Waals surface area contributed by atoms with Crippen LogP contribution in [0.15, 0.2) is 10.7 Å². The van der Waals surface area contributed by atoms with Gasteiger partial charge in [0.25, 0.3) is 6.43 Å². The first kappa shape index (κ1) is 11.0. The fourth-order valence-corrected chi connectivity index (χ4v) is 1.57. The van der Waals surface area contributed by atoms with E-state index < -0.39 is 23.5 Å². The predicted octanol–water partition coefficient (Wildman–Crippen LogP) is 2.79. The number of rotatable bonds is 2. The minimum Gasteiger partial charge on any atom is -0.478 e. The van der Waals surface area contributed by atoms with E-state index in [9.17, 15) is 13.6 Å². The third kappa shape index (κ3) is 1.89. The van der Waals surface area contributed by atoms with Gasteiger partial charge < -0.3 is 5.11 Å². The fraction of sp³-hybridized carbons (Fsp3) is 0.250. The van der Waals surface area contributed by atoms with E-state index in [1.165, 1.54) is 13.1 Å². The van der Waals surface area contributed by atoms with Gasteiger partial charge in [-0.1, -0.05) is 0 Å². The van der Waals surface area contributed by atoms with Gasteiger partial charge in [0.1, 0.15) is 0 Å². The molecule has 0 aliphatic carbocycles. The van der Waals surface area contributed by atoms with Crippen LogP contribution in [-0.4, -0.2) is 16.1 Å². The van der Waals surface area contributed by atoms with Crippen molar-refractivity contribution in [3.05, 3.63) is 27.5 Å². The largest absolute Gasteiger partial charge is 0.478 e. The van der Waals surface area contributed by atoms with Gasteiger partial charge in [0, 0.05) is 11.9 Å². The highest BCUT2D eigenvalue weighted by atomic mass is 79.9. The van der Waals surface area contributed by atoms with Crippen molar-refractivity contribution < 1.29 is 18.7 Å². The molecule has 1 rings (SSSR count). The second-order valence-corrected chi connectivity index (χ2v) is 3.44. The molecule has 0 saturated heterocycles. The maximum Gasteiger partial charge on any atom is 0.337 e. The summed E-state index contributed by atoms with van der Waals surface area (Å²) < 4.78 is 25.1. The summed E-state index contributed by atoms with van der Waals surface area (Å²) in [6, 6.07) is 0. The molecule has 0 fully saturated rings. The van der Waals surface area contributed by atoms with Crippen LogP contribution >= 0.6 is 15.9 Å². The third-order valence-corrected chi connectivity index (χ3v) is 2.30. The van der Waals surface area contributed by atoms with Crippen molar-refractivity contribution >= 4 is 21.9 Å². The summed E-state index contributed by atoms with van der Waals surface area (Å²) in [5.41, 5.74) is -0.931. The van der Waals surface area contributed by atoms with Crippen molar-refractivity contribution in [3.8, 4) is 0 Å². The smallest absolute Gasteiger partial charge is 0.337 e. The van der Waals surface area contributed by atoms with E-state index in [1.807, 2.05) is 0 Å². The summed E-state index contributed by atoms with van der Waals surface area (Å²) >= 11 is 2.87. The van der Waals surface area contributed by atoms with Gasteiger partial charge in [0.2, 0.25) is 0 Å². The van der Waals surface area contributed by atoms with Crippen molar-refractivity contribution in [1.82, 2.24) is 4.98 Å². The number of carboxylic acid groups (broad SMARTS) is 1. The Morgan fingerprint density at radius 2 is 2.21 bits per heavy atom. The number of hydrogen-bond acceptors (Lipinski definition) is 2. The summed E-state index contributed by atoms with van der Waals surface area (Å²) in [5.74, 6) is -1.39. The van der Waals surface area contributed by atoms with Crippen LogP contribution in [0.1, 0.15) is 28.0 Å². The van der Waals surface area contributed by atoms with Crippen LogP contribution in [-0.2, 0) is 0 Å². The number of alkyl halides is 2. The maximum atomic E-state index is 12.5. The van der Waals surface area contributed by atoms with E-state index in [2.05, 4.69) is 20.9 Å². The van der Waals surface area contributed by atoms with E-state index in [-0.39, 0.29) is 10.2 Å². The Morgan fingerprint density at radius 3 is 2.57 bits per heavy atom. The minimum atomic E-state index is -2.84.